The lowest BCUT2D eigenvalue weighted by molar-refractivity contribution is -0.0281. The predicted molar refractivity (Wildman–Crippen MR) is 69.4 cm³/mol. The minimum absolute atomic E-state index is 0.213. The van der Waals surface area contributed by atoms with Crippen LogP contribution in [0.15, 0.2) is 12.3 Å². The Hall–Kier alpha value is -1.62. The van der Waals surface area contributed by atoms with Crippen LogP contribution < -0.4 is 5.73 Å². The summed E-state index contributed by atoms with van der Waals surface area (Å²) >= 11 is 0. The highest BCUT2D eigenvalue weighted by atomic mass is 16.6. The molecule has 1 aromatic rings. The largest absolute Gasteiger partial charge is 0.460 e. The molecule has 0 aliphatic carbocycles. The molecule has 18 heavy (non-hydrogen) atoms. The summed E-state index contributed by atoms with van der Waals surface area (Å²) in [6, 6.07) is 1.56. The van der Waals surface area contributed by atoms with Crippen molar-refractivity contribution in [3.05, 3.63) is 23.5 Å². The van der Waals surface area contributed by atoms with Crippen LogP contribution in [-0.2, 0) is 9.47 Å². The Morgan fingerprint density at radius 2 is 2.06 bits per heavy atom. The molecule has 0 unspecified atom stereocenters. The third-order valence-electron chi connectivity index (χ3n) is 2.18. The van der Waals surface area contributed by atoms with Crippen LogP contribution in [0, 0.1) is 6.92 Å². The summed E-state index contributed by atoms with van der Waals surface area (Å²) < 4.78 is 10.6. The Balaban J connectivity index is 2.48. The molecule has 0 saturated heterocycles. The first-order valence-electron chi connectivity index (χ1n) is 5.83. The van der Waals surface area contributed by atoms with E-state index in [1.807, 2.05) is 20.8 Å². The Morgan fingerprint density at radius 3 is 2.67 bits per heavy atom. The van der Waals surface area contributed by atoms with Crippen molar-refractivity contribution in [3.8, 4) is 0 Å². The molecule has 1 heterocycles. The zero-order valence-electron chi connectivity index (χ0n) is 11.3. The van der Waals surface area contributed by atoms with E-state index in [1.165, 1.54) is 6.20 Å². The van der Waals surface area contributed by atoms with Crippen LogP contribution in [0.2, 0.25) is 0 Å². The molecule has 0 saturated carbocycles. The molecule has 1 rings (SSSR count). The third kappa shape index (κ3) is 4.71. The van der Waals surface area contributed by atoms with Gasteiger partial charge < -0.3 is 15.2 Å². The maximum absolute atomic E-state index is 11.8. The number of rotatable bonds is 4. The molecule has 2 N–H and O–H groups in total. The summed E-state index contributed by atoms with van der Waals surface area (Å²) in [7, 11) is 0. The molecule has 0 spiro atoms. The molecule has 0 amide bonds. The van der Waals surface area contributed by atoms with E-state index >= 15 is 0 Å². The average molecular weight is 252 g/mol. The van der Waals surface area contributed by atoms with Gasteiger partial charge in [-0.2, -0.15) is 0 Å². The standard InChI is InChI=1S/C13H20N2O3/c1-9-11(7-10(14)8-15-9)12(16)17-5-6-18-13(2,3)4/h7-8H,5-6,14H2,1-4H3. The van der Waals surface area contributed by atoms with Gasteiger partial charge in [0.15, 0.2) is 0 Å². The van der Waals surface area contributed by atoms with Crippen molar-refractivity contribution < 1.29 is 14.3 Å². The zero-order chi connectivity index (χ0) is 13.8. The minimum Gasteiger partial charge on any atom is -0.460 e. The van der Waals surface area contributed by atoms with Gasteiger partial charge in [0, 0.05) is 0 Å². The lowest BCUT2D eigenvalue weighted by Gasteiger charge is -2.19. The van der Waals surface area contributed by atoms with Crippen molar-refractivity contribution in [2.45, 2.75) is 33.3 Å². The number of nitrogen functional groups attached to an aromatic ring is 1. The number of esters is 1. The normalized spacial score (nSPS) is 11.3. The average Bonchev–Trinajstić information content (AvgIpc) is 2.26. The summed E-state index contributed by atoms with van der Waals surface area (Å²) in [5.74, 6) is -0.426. The van der Waals surface area contributed by atoms with Gasteiger partial charge in [0.2, 0.25) is 0 Å². The van der Waals surface area contributed by atoms with Gasteiger partial charge in [-0.1, -0.05) is 0 Å². The summed E-state index contributed by atoms with van der Waals surface area (Å²) in [5, 5.41) is 0. The van der Waals surface area contributed by atoms with Crippen molar-refractivity contribution in [3.63, 3.8) is 0 Å². The van der Waals surface area contributed by atoms with E-state index in [1.54, 1.807) is 13.0 Å². The minimum atomic E-state index is -0.426. The van der Waals surface area contributed by atoms with Crippen LogP contribution in [-0.4, -0.2) is 29.8 Å². The maximum atomic E-state index is 11.8. The first-order chi connectivity index (χ1) is 8.29. The molecular weight excluding hydrogens is 232 g/mol. The molecule has 0 radical (unpaired) electrons. The highest BCUT2D eigenvalue weighted by molar-refractivity contribution is 5.91. The van der Waals surface area contributed by atoms with Crippen molar-refractivity contribution in [2.75, 3.05) is 18.9 Å². The highest BCUT2D eigenvalue weighted by Crippen LogP contribution is 2.11. The van der Waals surface area contributed by atoms with E-state index in [9.17, 15) is 4.79 Å². The predicted octanol–water partition coefficient (Wildman–Crippen LogP) is 1.94. The van der Waals surface area contributed by atoms with Gasteiger partial charge in [0.1, 0.15) is 6.61 Å². The van der Waals surface area contributed by atoms with Gasteiger partial charge >= 0.3 is 5.97 Å². The molecular formula is C13H20N2O3. The number of ether oxygens (including phenoxy) is 2. The molecule has 0 aliphatic rings. The molecule has 5 nitrogen and oxygen atoms in total. The van der Waals surface area contributed by atoms with E-state index in [0.717, 1.165) is 0 Å². The second kappa shape index (κ2) is 5.82. The fraction of sp³-hybridized carbons (Fsp3) is 0.538. The molecule has 0 bridgehead atoms. The zero-order valence-corrected chi connectivity index (χ0v) is 11.3. The molecule has 100 valence electrons. The number of carbonyl (C=O) groups is 1. The van der Waals surface area contributed by atoms with Crippen molar-refractivity contribution >= 4 is 11.7 Å². The van der Waals surface area contributed by atoms with E-state index in [0.29, 0.717) is 23.6 Å². The van der Waals surface area contributed by atoms with Crippen LogP contribution in [0.4, 0.5) is 5.69 Å². The van der Waals surface area contributed by atoms with Crippen LogP contribution in [0.5, 0.6) is 0 Å². The van der Waals surface area contributed by atoms with E-state index in [2.05, 4.69) is 4.98 Å². The number of carbonyl (C=O) groups excluding carboxylic acids is 1. The topological polar surface area (TPSA) is 74.4 Å². The maximum Gasteiger partial charge on any atom is 0.340 e. The van der Waals surface area contributed by atoms with Crippen LogP contribution in [0.3, 0.4) is 0 Å². The van der Waals surface area contributed by atoms with Gasteiger partial charge in [0.25, 0.3) is 0 Å². The van der Waals surface area contributed by atoms with Gasteiger partial charge in [0.05, 0.1) is 35.3 Å². The molecule has 0 aromatic carbocycles. The number of hydrogen-bond acceptors (Lipinski definition) is 5. The number of nitrogens with two attached hydrogens (primary N) is 1. The van der Waals surface area contributed by atoms with Crippen LogP contribution >= 0.6 is 0 Å². The summed E-state index contributed by atoms with van der Waals surface area (Å²) in [5.41, 5.74) is 6.79. The van der Waals surface area contributed by atoms with Crippen molar-refractivity contribution in [2.24, 2.45) is 0 Å². The van der Waals surface area contributed by atoms with Crippen molar-refractivity contribution in [1.29, 1.82) is 0 Å². The Morgan fingerprint density at radius 1 is 1.39 bits per heavy atom. The second-order valence-corrected chi connectivity index (χ2v) is 5.00. The summed E-state index contributed by atoms with van der Waals surface area (Å²) in [4.78, 5) is 15.8. The smallest absolute Gasteiger partial charge is 0.340 e. The number of hydrogen-bond donors (Lipinski definition) is 1. The van der Waals surface area contributed by atoms with Gasteiger partial charge in [-0.05, 0) is 33.8 Å². The molecule has 0 atom stereocenters. The van der Waals surface area contributed by atoms with Gasteiger partial charge in [-0.15, -0.1) is 0 Å². The fourth-order valence-corrected chi connectivity index (χ4v) is 1.32. The van der Waals surface area contributed by atoms with Gasteiger partial charge in [-0.25, -0.2) is 4.79 Å². The number of pyridine rings is 1. The van der Waals surface area contributed by atoms with Gasteiger partial charge in [-0.3, -0.25) is 4.98 Å². The van der Waals surface area contributed by atoms with Crippen LogP contribution in [0.25, 0.3) is 0 Å². The quantitative estimate of drug-likeness (QED) is 0.654. The van der Waals surface area contributed by atoms with E-state index in [-0.39, 0.29) is 12.2 Å². The van der Waals surface area contributed by atoms with Crippen molar-refractivity contribution in [1.82, 2.24) is 4.98 Å². The number of aromatic nitrogens is 1. The SMILES string of the molecule is Cc1ncc(N)cc1C(=O)OCCOC(C)(C)C. The Bertz CT molecular complexity index is 425. The fourth-order valence-electron chi connectivity index (χ4n) is 1.32. The first kappa shape index (κ1) is 14.4. The Labute approximate surface area is 107 Å². The number of aryl methyl sites for hydroxylation is 1. The monoisotopic (exact) mass is 252 g/mol. The molecule has 0 aliphatic heterocycles. The molecule has 5 heteroatoms. The molecule has 0 fully saturated rings. The number of anilines is 1. The lowest BCUT2D eigenvalue weighted by Crippen LogP contribution is -2.22. The first-order valence-corrected chi connectivity index (χ1v) is 5.83. The van der Waals surface area contributed by atoms with Crippen LogP contribution in [0.1, 0.15) is 36.8 Å². The lowest BCUT2D eigenvalue weighted by atomic mass is 10.2. The highest BCUT2D eigenvalue weighted by Gasteiger charge is 2.13. The molecule has 1 aromatic heterocycles. The van der Waals surface area contributed by atoms with E-state index < -0.39 is 5.97 Å². The number of nitrogens with zero attached hydrogens (tertiary/aromatic N) is 1. The third-order valence-corrected chi connectivity index (χ3v) is 2.18. The second-order valence-electron chi connectivity index (χ2n) is 5.00. The Kier molecular flexibility index (Phi) is 4.67. The summed E-state index contributed by atoms with van der Waals surface area (Å²) in [6.45, 7) is 8.15. The van der Waals surface area contributed by atoms with E-state index in [4.69, 9.17) is 15.2 Å². The summed E-state index contributed by atoms with van der Waals surface area (Å²) in [6.07, 6.45) is 1.51.